The molecule has 1 N–H and O–H groups in total. The van der Waals surface area contributed by atoms with Crippen molar-refractivity contribution >= 4 is 10.0 Å². The highest BCUT2D eigenvalue weighted by Gasteiger charge is 2.28. The van der Waals surface area contributed by atoms with E-state index < -0.39 is 10.0 Å². The second-order valence-electron chi connectivity index (χ2n) is 6.43. The first kappa shape index (κ1) is 16.2. The lowest BCUT2D eigenvalue weighted by Gasteiger charge is -2.36. The summed E-state index contributed by atoms with van der Waals surface area (Å²) in [5.74, 6) is 1.05. The van der Waals surface area contributed by atoms with E-state index in [-0.39, 0.29) is 5.75 Å². The van der Waals surface area contributed by atoms with Gasteiger partial charge in [-0.3, -0.25) is 0 Å². The molecule has 2 fully saturated rings. The fourth-order valence-electron chi connectivity index (χ4n) is 3.63. The van der Waals surface area contributed by atoms with E-state index in [0.717, 1.165) is 18.8 Å². The minimum atomic E-state index is -2.99. The summed E-state index contributed by atoms with van der Waals surface area (Å²) in [5, 5.41) is 3.76. The zero-order valence-electron chi connectivity index (χ0n) is 13.0. The summed E-state index contributed by atoms with van der Waals surface area (Å²) in [4.78, 5) is 0. The highest BCUT2D eigenvalue weighted by molar-refractivity contribution is 7.89. The van der Waals surface area contributed by atoms with E-state index in [0.29, 0.717) is 25.2 Å². The number of sulfonamides is 1. The molecule has 1 aliphatic carbocycles. The maximum absolute atomic E-state index is 11.8. The van der Waals surface area contributed by atoms with E-state index in [1.54, 1.807) is 11.2 Å². The van der Waals surface area contributed by atoms with Crippen LogP contribution in [0.2, 0.25) is 0 Å². The van der Waals surface area contributed by atoms with Gasteiger partial charge in [0.05, 0.1) is 5.75 Å². The van der Waals surface area contributed by atoms with E-state index in [9.17, 15) is 8.42 Å². The summed E-state index contributed by atoms with van der Waals surface area (Å²) in [7, 11) is -2.99. The van der Waals surface area contributed by atoms with E-state index in [1.165, 1.54) is 32.1 Å². The summed E-state index contributed by atoms with van der Waals surface area (Å²) < 4.78 is 25.3. The Labute approximate surface area is 124 Å². The summed E-state index contributed by atoms with van der Waals surface area (Å²) in [6.45, 7) is 5.41. The molecule has 0 bridgehead atoms. The number of nitrogens with one attached hydrogen (secondary N) is 1. The van der Waals surface area contributed by atoms with Crippen molar-refractivity contribution in [2.75, 3.05) is 18.8 Å². The van der Waals surface area contributed by atoms with Crippen LogP contribution in [0.4, 0.5) is 0 Å². The van der Waals surface area contributed by atoms with Crippen LogP contribution in [0.25, 0.3) is 0 Å². The predicted molar refractivity (Wildman–Crippen MR) is 83.2 cm³/mol. The lowest BCUT2D eigenvalue weighted by atomic mass is 9.84. The highest BCUT2D eigenvalue weighted by atomic mass is 32.2. The van der Waals surface area contributed by atoms with Crippen LogP contribution < -0.4 is 5.32 Å². The summed E-state index contributed by atoms with van der Waals surface area (Å²) in [6, 6.07) is 1.07. The van der Waals surface area contributed by atoms with E-state index >= 15 is 0 Å². The molecule has 20 heavy (non-hydrogen) atoms. The van der Waals surface area contributed by atoms with Gasteiger partial charge in [0.15, 0.2) is 0 Å². The number of rotatable bonds is 5. The van der Waals surface area contributed by atoms with Gasteiger partial charge in [-0.05, 0) is 45.4 Å². The molecule has 1 heterocycles. The molecule has 0 aromatic carbocycles. The maximum Gasteiger partial charge on any atom is 0.213 e. The largest absolute Gasteiger partial charge is 0.311 e. The summed E-state index contributed by atoms with van der Waals surface area (Å²) in [6.07, 6.45) is 8.78. The van der Waals surface area contributed by atoms with Gasteiger partial charge in [0.25, 0.3) is 0 Å². The Balaban J connectivity index is 1.76. The first-order valence-corrected chi connectivity index (χ1v) is 9.87. The van der Waals surface area contributed by atoms with Crippen molar-refractivity contribution in [3.63, 3.8) is 0 Å². The van der Waals surface area contributed by atoms with Crippen LogP contribution in [-0.4, -0.2) is 43.6 Å². The molecular weight excluding hydrogens is 272 g/mol. The van der Waals surface area contributed by atoms with Crippen LogP contribution >= 0.6 is 0 Å². The molecule has 2 aliphatic rings. The standard InChI is InChI=1S/C15H30N2O2S/c1-3-20(18,19)17-11-9-15(10-12-17)16-13(2)14-7-5-4-6-8-14/h13-16H,3-12H2,1-2H3. The Morgan fingerprint density at radius 1 is 1.10 bits per heavy atom. The molecule has 1 aliphatic heterocycles. The Hall–Kier alpha value is -0.130. The first-order valence-electron chi connectivity index (χ1n) is 8.27. The second-order valence-corrected chi connectivity index (χ2v) is 8.68. The van der Waals surface area contributed by atoms with Crippen LogP contribution in [0, 0.1) is 5.92 Å². The molecular formula is C15H30N2O2S. The van der Waals surface area contributed by atoms with Crippen molar-refractivity contribution in [1.82, 2.24) is 9.62 Å². The SMILES string of the molecule is CCS(=O)(=O)N1CCC(NC(C)C2CCCCC2)CC1. The first-order chi connectivity index (χ1) is 9.53. The van der Waals surface area contributed by atoms with Crippen molar-refractivity contribution in [1.29, 1.82) is 0 Å². The van der Waals surface area contributed by atoms with Gasteiger partial charge in [-0.25, -0.2) is 12.7 Å². The summed E-state index contributed by atoms with van der Waals surface area (Å²) in [5.41, 5.74) is 0. The molecule has 118 valence electrons. The van der Waals surface area contributed by atoms with Crippen molar-refractivity contribution in [2.45, 2.75) is 70.9 Å². The minimum absolute atomic E-state index is 0.226. The van der Waals surface area contributed by atoms with Gasteiger partial charge in [0, 0.05) is 25.2 Å². The van der Waals surface area contributed by atoms with Gasteiger partial charge >= 0.3 is 0 Å². The molecule has 0 radical (unpaired) electrons. The average Bonchev–Trinajstić information content (AvgIpc) is 2.48. The molecule has 4 nitrogen and oxygen atoms in total. The molecule has 0 aromatic rings. The maximum atomic E-state index is 11.8. The molecule has 2 rings (SSSR count). The number of nitrogens with zero attached hydrogens (tertiary/aromatic N) is 1. The zero-order valence-corrected chi connectivity index (χ0v) is 13.8. The molecule has 0 spiro atoms. The molecule has 5 heteroatoms. The molecule has 1 unspecified atom stereocenters. The third kappa shape index (κ3) is 4.18. The Morgan fingerprint density at radius 3 is 2.25 bits per heavy atom. The van der Waals surface area contributed by atoms with E-state index in [1.807, 2.05) is 0 Å². The monoisotopic (exact) mass is 302 g/mol. The third-order valence-electron chi connectivity index (χ3n) is 5.07. The molecule has 1 atom stereocenters. The van der Waals surface area contributed by atoms with Crippen LogP contribution in [0.15, 0.2) is 0 Å². The topological polar surface area (TPSA) is 49.4 Å². The fourth-order valence-corrected chi connectivity index (χ4v) is 4.76. The van der Waals surface area contributed by atoms with Gasteiger partial charge in [-0.15, -0.1) is 0 Å². The zero-order chi connectivity index (χ0) is 14.6. The molecule has 1 saturated heterocycles. The quantitative estimate of drug-likeness (QED) is 0.848. The number of piperidine rings is 1. The number of hydrogen-bond acceptors (Lipinski definition) is 3. The van der Waals surface area contributed by atoms with Crippen LogP contribution in [0.5, 0.6) is 0 Å². The van der Waals surface area contributed by atoms with E-state index in [2.05, 4.69) is 12.2 Å². The third-order valence-corrected chi connectivity index (χ3v) is 6.95. The second kappa shape index (κ2) is 7.23. The van der Waals surface area contributed by atoms with Gasteiger partial charge in [-0.1, -0.05) is 19.3 Å². The molecule has 1 saturated carbocycles. The van der Waals surface area contributed by atoms with Crippen molar-refractivity contribution < 1.29 is 8.42 Å². The number of hydrogen-bond donors (Lipinski definition) is 1. The fraction of sp³-hybridized carbons (Fsp3) is 1.00. The predicted octanol–water partition coefficient (Wildman–Crippen LogP) is 2.36. The van der Waals surface area contributed by atoms with Crippen molar-refractivity contribution in [3.05, 3.63) is 0 Å². The lowest BCUT2D eigenvalue weighted by Crippen LogP contribution is -2.49. The normalized spacial score (nSPS) is 25.7. The molecule has 0 aromatic heterocycles. The van der Waals surface area contributed by atoms with Gasteiger partial charge in [-0.2, -0.15) is 0 Å². The Bertz CT molecular complexity index is 383. The van der Waals surface area contributed by atoms with Gasteiger partial charge in [0.2, 0.25) is 10.0 Å². The Morgan fingerprint density at radius 2 is 1.70 bits per heavy atom. The van der Waals surface area contributed by atoms with Gasteiger partial charge in [0.1, 0.15) is 0 Å². The van der Waals surface area contributed by atoms with Crippen LogP contribution in [-0.2, 0) is 10.0 Å². The van der Waals surface area contributed by atoms with Crippen LogP contribution in [0.1, 0.15) is 58.8 Å². The average molecular weight is 302 g/mol. The van der Waals surface area contributed by atoms with Crippen molar-refractivity contribution in [3.8, 4) is 0 Å². The highest BCUT2D eigenvalue weighted by Crippen LogP contribution is 2.27. The van der Waals surface area contributed by atoms with Crippen molar-refractivity contribution in [2.24, 2.45) is 5.92 Å². The molecule has 0 amide bonds. The van der Waals surface area contributed by atoms with E-state index in [4.69, 9.17) is 0 Å². The van der Waals surface area contributed by atoms with Gasteiger partial charge < -0.3 is 5.32 Å². The smallest absolute Gasteiger partial charge is 0.213 e. The minimum Gasteiger partial charge on any atom is -0.311 e. The lowest BCUT2D eigenvalue weighted by molar-refractivity contribution is 0.225. The Kier molecular flexibility index (Phi) is 5.87. The van der Waals surface area contributed by atoms with Crippen LogP contribution in [0.3, 0.4) is 0 Å². The summed E-state index contributed by atoms with van der Waals surface area (Å²) >= 11 is 0.